The average molecular weight is 480 g/mol. The van der Waals surface area contributed by atoms with Crippen molar-refractivity contribution < 1.29 is 24.4 Å². The van der Waals surface area contributed by atoms with Crippen molar-refractivity contribution in [3.8, 4) is 0 Å². The van der Waals surface area contributed by atoms with Gasteiger partial charge >= 0.3 is 11.9 Å². The Balaban J connectivity index is 2.14. The largest absolute Gasteiger partial charge is 0.477 e. The lowest BCUT2D eigenvalue weighted by Crippen LogP contribution is -2.49. The molecule has 1 aromatic heterocycles. The summed E-state index contributed by atoms with van der Waals surface area (Å²) in [6, 6.07) is 7.81. The lowest BCUT2D eigenvalue weighted by Gasteiger charge is -2.38. The van der Waals surface area contributed by atoms with E-state index in [2.05, 4.69) is 46.9 Å². The first kappa shape index (κ1) is 22.9. The second-order valence-electron chi connectivity index (χ2n) is 9.21. The van der Waals surface area contributed by atoms with Gasteiger partial charge in [0.25, 0.3) is 0 Å². The van der Waals surface area contributed by atoms with E-state index < -0.39 is 20.0 Å². The molecule has 1 aliphatic carbocycles. The highest BCUT2D eigenvalue weighted by Gasteiger charge is 2.41. The van der Waals surface area contributed by atoms with Gasteiger partial charge in [0.15, 0.2) is 5.71 Å². The standard InChI is InChI=1S/C25H26N2O4SSi/c1-26(2)14-7-9-16-20(11-14)33(5,6)21-12-15(27(3)4)8-10-17(21)22(16)18-13-19(24(28)29)32-23(18)25(30)31/h7-13H,1-6H3,(H-,28,29,30,31)/p+1. The zero-order valence-electron chi connectivity index (χ0n) is 19.6. The molecule has 2 aromatic rings. The van der Waals surface area contributed by atoms with E-state index in [1.807, 2.05) is 40.3 Å². The molecule has 33 heavy (non-hydrogen) atoms. The van der Waals surface area contributed by atoms with Crippen LogP contribution in [-0.4, -0.2) is 68.7 Å². The quantitative estimate of drug-likeness (QED) is 0.516. The molecule has 4 rings (SSSR count). The molecule has 8 heteroatoms. The first-order valence-electron chi connectivity index (χ1n) is 10.6. The average Bonchev–Trinajstić information content (AvgIpc) is 3.19. The van der Waals surface area contributed by atoms with Crippen LogP contribution >= 0.6 is 11.3 Å². The van der Waals surface area contributed by atoms with Gasteiger partial charge in [0.1, 0.15) is 31.9 Å². The van der Waals surface area contributed by atoms with Crippen molar-refractivity contribution in [2.75, 3.05) is 33.1 Å². The third-order valence-electron chi connectivity index (χ3n) is 6.33. The van der Waals surface area contributed by atoms with Crippen LogP contribution in [0.25, 0.3) is 5.57 Å². The molecule has 2 aliphatic rings. The van der Waals surface area contributed by atoms with Gasteiger partial charge in [-0.3, -0.25) is 0 Å². The van der Waals surface area contributed by atoms with Gasteiger partial charge in [-0.25, -0.2) is 14.2 Å². The maximum absolute atomic E-state index is 12.1. The van der Waals surface area contributed by atoms with Crippen molar-refractivity contribution in [2.24, 2.45) is 0 Å². The number of hydrogen-bond acceptors (Lipinski definition) is 4. The topological polar surface area (TPSA) is 80.8 Å². The maximum atomic E-state index is 12.1. The van der Waals surface area contributed by atoms with Crippen molar-refractivity contribution in [3.05, 3.63) is 74.1 Å². The van der Waals surface area contributed by atoms with Crippen LogP contribution < -0.4 is 10.1 Å². The van der Waals surface area contributed by atoms with Crippen LogP contribution in [0.4, 0.5) is 5.69 Å². The highest BCUT2D eigenvalue weighted by molar-refractivity contribution is 7.16. The SMILES string of the molecule is CN(C)c1ccc2c(c1)[Si](C)(C)C1=CC(=[N+](C)C)C=CC1=C2c1cc(C(=O)O)sc1C(=O)O. The number of fused-ring (bicyclic) bond motifs is 2. The Morgan fingerprint density at radius 3 is 2.27 bits per heavy atom. The number of allylic oxidation sites excluding steroid dienone is 5. The van der Waals surface area contributed by atoms with Crippen LogP contribution in [0.1, 0.15) is 30.5 Å². The van der Waals surface area contributed by atoms with E-state index >= 15 is 0 Å². The molecule has 170 valence electrons. The second-order valence-corrected chi connectivity index (χ2v) is 14.6. The summed E-state index contributed by atoms with van der Waals surface area (Å²) in [6.07, 6.45) is 6.30. The molecule has 0 atom stereocenters. The first-order chi connectivity index (χ1) is 15.4. The van der Waals surface area contributed by atoms with E-state index in [1.165, 1.54) is 16.4 Å². The number of anilines is 1. The van der Waals surface area contributed by atoms with Crippen LogP contribution in [0.15, 0.2) is 53.3 Å². The molecule has 0 unspecified atom stereocenters. The number of carboxylic acid groups (broad SMARTS) is 2. The van der Waals surface area contributed by atoms with E-state index in [4.69, 9.17) is 0 Å². The van der Waals surface area contributed by atoms with Gasteiger partial charge in [0.05, 0.1) is 0 Å². The second kappa shape index (κ2) is 7.97. The van der Waals surface area contributed by atoms with E-state index in [9.17, 15) is 19.8 Å². The van der Waals surface area contributed by atoms with Gasteiger partial charge in [-0.15, -0.1) is 11.3 Å². The van der Waals surface area contributed by atoms with Crippen LogP contribution in [-0.2, 0) is 0 Å². The van der Waals surface area contributed by atoms with Crippen molar-refractivity contribution in [3.63, 3.8) is 0 Å². The Bertz CT molecular complexity index is 1340. The smallest absolute Gasteiger partial charge is 0.346 e. The van der Waals surface area contributed by atoms with Crippen LogP contribution in [0, 0.1) is 0 Å². The molecule has 0 spiro atoms. The van der Waals surface area contributed by atoms with E-state index in [1.54, 1.807) is 0 Å². The Kier molecular flexibility index (Phi) is 5.54. The molecule has 1 aromatic carbocycles. The number of aromatic carboxylic acids is 2. The van der Waals surface area contributed by atoms with Crippen molar-refractivity contribution in [1.29, 1.82) is 0 Å². The zero-order valence-corrected chi connectivity index (χ0v) is 21.4. The Hall–Kier alpha value is -3.23. The van der Waals surface area contributed by atoms with Gasteiger partial charge < -0.3 is 15.1 Å². The summed E-state index contributed by atoms with van der Waals surface area (Å²) >= 11 is 0.810. The summed E-state index contributed by atoms with van der Waals surface area (Å²) in [5.41, 5.74) is 5.39. The normalized spacial score (nSPS) is 16.2. The van der Waals surface area contributed by atoms with E-state index in [0.717, 1.165) is 39.4 Å². The molecular formula is C25H27N2O4SSi+. The maximum Gasteiger partial charge on any atom is 0.346 e. The van der Waals surface area contributed by atoms with E-state index in [-0.39, 0.29) is 9.75 Å². The molecule has 1 aliphatic heterocycles. The minimum absolute atomic E-state index is 0.0231. The lowest BCUT2D eigenvalue weighted by atomic mass is 9.89. The highest BCUT2D eigenvalue weighted by Crippen LogP contribution is 2.44. The first-order valence-corrected chi connectivity index (χ1v) is 14.4. The summed E-state index contributed by atoms with van der Waals surface area (Å²) in [5, 5.41) is 21.9. The molecule has 0 radical (unpaired) electrons. The van der Waals surface area contributed by atoms with Gasteiger partial charge in [-0.2, -0.15) is 0 Å². The number of carbonyl (C=O) groups is 2. The Labute approximate surface area is 198 Å². The fourth-order valence-electron chi connectivity index (χ4n) is 4.51. The lowest BCUT2D eigenvalue weighted by molar-refractivity contribution is -0.462. The van der Waals surface area contributed by atoms with Gasteiger partial charge in [-0.1, -0.05) is 19.2 Å². The monoisotopic (exact) mass is 479 g/mol. The summed E-state index contributed by atoms with van der Waals surface area (Å²) in [7, 11) is 5.85. The molecule has 0 saturated carbocycles. The fourth-order valence-corrected chi connectivity index (χ4v) is 8.43. The molecule has 2 N–H and O–H groups in total. The minimum Gasteiger partial charge on any atom is -0.477 e. The fraction of sp³-hybridized carbons (Fsp3) is 0.240. The predicted molar refractivity (Wildman–Crippen MR) is 136 cm³/mol. The Morgan fingerprint density at radius 2 is 1.70 bits per heavy atom. The van der Waals surface area contributed by atoms with Crippen LogP contribution in [0.2, 0.25) is 13.1 Å². The van der Waals surface area contributed by atoms with Gasteiger partial charge in [0.2, 0.25) is 0 Å². The van der Waals surface area contributed by atoms with Crippen molar-refractivity contribution in [2.45, 2.75) is 13.1 Å². The summed E-state index contributed by atoms with van der Waals surface area (Å²) in [6.45, 7) is 4.63. The third kappa shape index (κ3) is 3.69. The number of benzene rings is 1. The summed E-state index contributed by atoms with van der Waals surface area (Å²) in [5.74, 6) is -2.23. The van der Waals surface area contributed by atoms with Gasteiger partial charge in [-0.05, 0) is 51.4 Å². The number of rotatable bonds is 4. The number of thiophene rings is 1. The van der Waals surface area contributed by atoms with Crippen molar-refractivity contribution >= 4 is 53.5 Å². The van der Waals surface area contributed by atoms with E-state index in [0.29, 0.717) is 5.56 Å². The molecular weight excluding hydrogens is 452 g/mol. The summed E-state index contributed by atoms with van der Waals surface area (Å²) < 4.78 is 2.06. The minimum atomic E-state index is -2.16. The number of carboxylic acids is 2. The third-order valence-corrected chi connectivity index (χ3v) is 11.0. The summed E-state index contributed by atoms with van der Waals surface area (Å²) in [4.78, 5) is 26.0. The Morgan fingerprint density at radius 1 is 1.00 bits per heavy atom. The predicted octanol–water partition coefficient (Wildman–Crippen LogP) is 3.69. The highest BCUT2D eigenvalue weighted by atomic mass is 32.1. The van der Waals surface area contributed by atoms with Crippen LogP contribution in [0.3, 0.4) is 0 Å². The molecule has 0 amide bonds. The molecule has 0 fully saturated rings. The molecule has 0 bridgehead atoms. The molecule has 0 saturated heterocycles. The molecule has 6 nitrogen and oxygen atoms in total. The number of nitrogens with zero attached hydrogens (tertiary/aromatic N) is 2. The van der Waals surface area contributed by atoms with Crippen molar-refractivity contribution in [1.82, 2.24) is 0 Å². The molecule has 2 heterocycles. The number of hydrogen-bond donors (Lipinski definition) is 2. The zero-order chi connectivity index (χ0) is 24.2. The van der Waals surface area contributed by atoms with Crippen LogP contribution in [0.5, 0.6) is 0 Å². The van der Waals surface area contributed by atoms with Gasteiger partial charge in [0, 0.05) is 37.5 Å².